The zero-order valence-electron chi connectivity index (χ0n) is 12.2. The van der Waals surface area contributed by atoms with Gasteiger partial charge in [-0.1, -0.05) is 34.1 Å². The summed E-state index contributed by atoms with van der Waals surface area (Å²) in [7, 11) is 0. The first kappa shape index (κ1) is 15.0. The number of aromatic nitrogens is 3. The van der Waals surface area contributed by atoms with Gasteiger partial charge in [-0.05, 0) is 29.6 Å². The maximum atomic E-state index is 11.8. The molecule has 0 saturated carbocycles. The van der Waals surface area contributed by atoms with Gasteiger partial charge in [0.05, 0.1) is 27.2 Å². The first-order valence-electron chi connectivity index (χ1n) is 7.06. The van der Waals surface area contributed by atoms with Gasteiger partial charge in [-0.25, -0.2) is 9.78 Å². The smallest absolute Gasteiger partial charge is 0.336 e. The van der Waals surface area contributed by atoms with Crippen molar-refractivity contribution >= 4 is 44.3 Å². The molecule has 7 heteroatoms. The third kappa shape index (κ3) is 2.51. The topological polar surface area (TPSA) is 78.9 Å². The van der Waals surface area contributed by atoms with Crippen molar-refractivity contribution in [2.24, 2.45) is 0 Å². The highest BCUT2D eigenvalue weighted by Crippen LogP contribution is 2.33. The van der Waals surface area contributed by atoms with Gasteiger partial charge >= 0.3 is 5.97 Å². The fraction of sp³-hybridized carbons (Fsp3) is 0. The number of pyridine rings is 1. The molecule has 0 aliphatic carbocycles. The van der Waals surface area contributed by atoms with Gasteiger partial charge in [0.25, 0.3) is 0 Å². The third-order valence-electron chi connectivity index (χ3n) is 3.66. The van der Waals surface area contributed by atoms with Crippen molar-refractivity contribution in [3.8, 4) is 21.8 Å². The molecule has 1 aromatic carbocycles. The molecule has 2 N–H and O–H groups in total. The van der Waals surface area contributed by atoms with E-state index < -0.39 is 5.97 Å². The summed E-state index contributed by atoms with van der Waals surface area (Å²) in [5, 5.41) is 19.3. The summed E-state index contributed by atoms with van der Waals surface area (Å²) in [5.41, 5.74) is 2.71. The van der Waals surface area contributed by atoms with Gasteiger partial charge in [0.15, 0.2) is 5.65 Å². The fourth-order valence-electron chi connectivity index (χ4n) is 2.57. The van der Waals surface area contributed by atoms with Crippen molar-refractivity contribution in [3.05, 3.63) is 57.9 Å². The molecule has 0 radical (unpaired) electrons. The highest BCUT2D eigenvalue weighted by atomic mass is 79.9. The summed E-state index contributed by atoms with van der Waals surface area (Å²) >= 11 is 4.91. The highest BCUT2D eigenvalue weighted by molar-refractivity contribution is 9.10. The number of hydrogen-bond acceptors (Lipinski definition) is 4. The predicted octanol–water partition coefficient (Wildman–Crippen LogP) is 4.81. The van der Waals surface area contributed by atoms with Crippen LogP contribution >= 0.6 is 27.3 Å². The van der Waals surface area contributed by atoms with E-state index in [0.29, 0.717) is 22.4 Å². The second-order valence-electron chi connectivity index (χ2n) is 5.14. The van der Waals surface area contributed by atoms with Gasteiger partial charge in [-0.15, -0.1) is 11.3 Å². The lowest BCUT2D eigenvalue weighted by molar-refractivity contribution is 0.0699. The molecule has 118 valence electrons. The molecule has 5 nitrogen and oxygen atoms in total. The molecule has 4 aromatic rings. The number of H-pyrrole nitrogens is 1. The number of thiophene rings is 1. The number of halogens is 1. The van der Waals surface area contributed by atoms with Crippen LogP contribution in [0.3, 0.4) is 0 Å². The Kier molecular flexibility index (Phi) is 3.66. The third-order valence-corrected chi connectivity index (χ3v) is 5.08. The molecule has 4 rings (SSSR count). The molecule has 0 fully saturated rings. The first-order chi connectivity index (χ1) is 11.6. The van der Waals surface area contributed by atoms with E-state index in [1.807, 2.05) is 41.8 Å². The van der Waals surface area contributed by atoms with Gasteiger partial charge in [0.1, 0.15) is 0 Å². The van der Waals surface area contributed by atoms with E-state index in [-0.39, 0.29) is 5.56 Å². The van der Waals surface area contributed by atoms with Gasteiger partial charge in [-0.3, -0.25) is 5.10 Å². The van der Waals surface area contributed by atoms with E-state index >= 15 is 0 Å². The SMILES string of the molecule is O=C(O)c1cc(-c2cccs2)nc2n[nH]c(-c3ccc(Br)cc3)c12. The minimum atomic E-state index is -1.00. The summed E-state index contributed by atoms with van der Waals surface area (Å²) in [6.07, 6.45) is 0. The number of rotatable bonds is 3. The number of benzene rings is 1. The lowest BCUT2D eigenvalue weighted by Crippen LogP contribution is -2.00. The average molecular weight is 400 g/mol. The molecule has 0 bridgehead atoms. The summed E-state index contributed by atoms with van der Waals surface area (Å²) in [6, 6.07) is 13.0. The molecular formula is C17H10BrN3O2S. The average Bonchev–Trinajstić information content (AvgIpc) is 3.24. The van der Waals surface area contributed by atoms with E-state index in [1.54, 1.807) is 6.07 Å². The minimum Gasteiger partial charge on any atom is -0.478 e. The monoisotopic (exact) mass is 399 g/mol. The molecule has 0 aliphatic rings. The number of nitrogens with one attached hydrogen (secondary N) is 1. The summed E-state index contributed by atoms with van der Waals surface area (Å²) < 4.78 is 0.951. The van der Waals surface area contributed by atoms with Crippen LogP contribution in [0.25, 0.3) is 32.9 Å². The number of hydrogen-bond donors (Lipinski definition) is 2. The number of carboxylic acid groups (broad SMARTS) is 1. The predicted molar refractivity (Wildman–Crippen MR) is 97.3 cm³/mol. The van der Waals surface area contributed by atoms with Crippen molar-refractivity contribution in [2.45, 2.75) is 0 Å². The minimum absolute atomic E-state index is 0.190. The number of carbonyl (C=O) groups is 1. The van der Waals surface area contributed by atoms with E-state index in [0.717, 1.165) is 14.9 Å². The summed E-state index contributed by atoms with van der Waals surface area (Å²) in [6.45, 7) is 0. The maximum absolute atomic E-state index is 11.8. The van der Waals surface area contributed by atoms with Crippen LogP contribution in [0.4, 0.5) is 0 Å². The second kappa shape index (κ2) is 5.85. The Morgan fingerprint density at radius 3 is 2.67 bits per heavy atom. The van der Waals surface area contributed by atoms with Gasteiger partial charge in [0, 0.05) is 10.0 Å². The Morgan fingerprint density at radius 1 is 1.21 bits per heavy atom. The van der Waals surface area contributed by atoms with E-state index in [2.05, 4.69) is 31.1 Å². The quantitative estimate of drug-likeness (QED) is 0.517. The van der Waals surface area contributed by atoms with Crippen molar-refractivity contribution < 1.29 is 9.90 Å². The number of aromatic amines is 1. The van der Waals surface area contributed by atoms with Crippen LogP contribution in [-0.4, -0.2) is 26.3 Å². The molecule has 0 spiro atoms. The number of fused-ring (bicyclic) bond motifs is 1. The van der Waals surface area contributed by atoms with E-state index in [4.69, 9.17) is 0 Å². The van der Waals surface area contributed by atoms with Crippen LogP contribution in [0.15, 0.2) is 52.3 Å². The molecule has 0 unspecified atom stereocenters. The van der Waals surface area contributed by atoms with Gasteiger partial charge in [-0.2, -0.15) is 5.10 Å². The first-order valence-corrected chi connectivity index (χ1v) is 8.73. The van der Waals surface area contributed by atoms with Crippen molar-refractivity contribution in [1.82, 2.24) is 15.2 Å². The molecule has 24 heavy (non-hydrogen) atoms. The summed E-state index contributed by atoms with van der Waals surface area (Å²) in [4.78, 5) is 17.2. The number of carboxylic acids is 1. The molecule has 0 amide bonds. The molecule has 0 atom stereocenters. The van der Waals surface area contributed by atoms with Crippen LogP contribution in [-0.2, 0) is 0 Å². The molecule has 0 aliphatic heterocycles. The van der Waals surface area contributed by atoms with Crippen LogP contribution in [0.2, 0.25) is 0 Å². The van der Waals surface area contributed by atoms with E-state index in [9.17, 15) is 9.90 Å². The van der Waals surface area contributed by atoms with E-state index in [1.165, 1.54) is 11.3 Å². The van der Waals surface area contributed by atoms with Crippen LogP contribution < -0.4 is 0 Å². The van der Waals surface area contributed by atoms with Crippen LogP contribution in [0.1, 0.15) is 10.4 Å². The van der Waals surface area contributed by atoms with Gasteiger partial charge in [0.2, 0.25) is 0 Å². The Balaban J connectivity index is 1.98. The van der Waals surface area contributed by atoms with Crippen LogP contribution in [0, 0.1) is 0 Å². The van der Waals surface area contributed by atoms with Crippen molar-refractivity contribution in [3.63, 3.8) is 0 Å². The highest BCUT2D eigenvalue weighted by Gasteiger charge is 2.19. The standard InChI is InChI=1S/C17H10BrN3O2S/c18-10-5-3-9(4-6-10)15-14-11(17(22)23)8-12(13-2-1-7-24-13)19-16(14)21-20-15/h1-8H,(H,22,23)(H,19,20,21). The molecule has 3 heterocycles. The normalized spacial score (nSPS) is 11.0. The Labute approximate surface area is 149 Å². The Hall–Kier alpha value is -2.51. The maximum Gasteiger partial charge on any atom is 0.336 e. The molecule has 3 aromatic heterocycles. The zero-order valence-corrected chi connectivity index (χ0v) is 14.6. The largest absolute Gasteiger partial charge is 0.478 e. The van der Waals surface area contributed by atoms with Gasteiger partial charge < -0.3 is 5.11 Å². The van der Waals surface area contributed by atoms with Crippen LogP contribution in [0.5, 0.6) is 0 Å². The lowest BCUT2D eigenvalue weighted by Gasteiger charge is -2.04. The zero-order chi connectivity index (χ0) is 16.7. The molecular weight excluding hydrogens is 390 g/mol. The Bertz CT molecular complexity index is 1040. The summed E-state index contributed by atoms with van der Waals surface area (Å²) in [5.74, 6) is -1.00. The fourth-order valence-corrected chi connectivity index (χ4v) is 3.52. The van der Waals surface area contributed by atoms with Crippen molar-refractivity contribution in [1.29, 1.82) is 0 Å². The lowest BCUT2D eigenvalue weighted by atomic mass is 10.0. The number of nitrogens with zero attached hydrogens (tertiary/aromatic N) is 2. The van der Waals surface area contributed by atoms with Crippen molar-refractivity contribution in [2.75, 3.05) is 0 Å². The Morgan fingerprint density at radius 2 is 2.00 bits per heavy atom. The molecule has 0 saturated heterocycles. The second-order valence-corrected chi connectivity index (χ2v) is 7.00. The number of aromatic carboxylic acids is 1.